The molecule has 3 amide bonds. The molecular weight excluding hydrogens is 348 g/mol. The van der Waals surface area contributed by atoms with E-state index in [9.17, 15) is 9.59 Å². The Kier molecular flexibility index (Phi) is 3.18. The number of hydrogen-bond donors (Lipinski definition) is 1. The maximum absolute atomic E-state index is 12.6. The van der Waals surface area contributed by atoms with Gasteiger partial charge in [-0.15, -0.1) is 0 Å². The number of nitrogens with two attached hydrogens (primary N) is 1. The lowest BCUT2D eigenvalue weighted by molar-refractivity contribution is -0.127. The first-order valence-electron chi connectivity index (χ1n) is 8.51. The molecule has 0 saturated carbocycles. The number of carbonyl (C=O) groups is 2. The van der Waals surface area contributed by atoms with Gasteiger partial charge in [-0.2, -0.15) is 5.10 Å². The molecule has 2 aromatic rings. The van der Waals surface area contributed by atoms with Crippen molar-refractivity contribution in [2.24, 2.45) is 5.10 Å². The maximum atomic E-state index is 12.6. The molecule has 0 aromatic heterocycles. The molecule has 0 bridgehead atoms. The normalized spacial score (nSPS) is 20.3. The first-order chi connectivity index (χ1) is 13.0. The summed E-state index contributed by atoms with van der Waals surface area (Å²) >= 11 is 0. The average Bonchev–Trinajstić information content (AvgIpc) is 3.14. The van der Waals surface area contributed by atoms with Crippen LogP contribution in [0, 0.1) is 0 Å². The Labute approximate surface area is 154 Å². The van der Waals surface area contributed by atoms with E-state index >= 15 is 0 Å². The molecule has 5 rings (SSSR count). The maximum Gasteiger partial charge on any atom is 0.347 e. The number of benzene rings is 2. The largest absolute Gasteiger partial charge is 0.454 e. The summed E-state index contributed by atoms with van der Waals surface area (Å²) in [5.74, 6) is 0.976. The van der Waals surface area contributed by atoms with Crippen LogP contribution in [0.5, 0.6) is 11.5 Å². The average molecular weight is 364 g/mol. The summed E-state index contributed by atoms with van der Waals surface area (Å²) in [4.78, 5) is 26.2. The van der Waals surface area contributed by atoms with Crippen molar-refractivity contribution in [2.45, 2.75) is 12.5 Å². The second-order valence-electron chi connectivity index (χ2n) is 6.68. The van der Waals surface area contributed by atoms with Gasteiger partial charge in [0.1, 0.15) is 6.04 Å². The van der Waals surface area contributed by atoms with Gasteiger partial charge in [0.15, 0.2) is 11.5 Å². The second kappa shape index (κ2) is 5.47. The summed E-state index contributed by atoms with van der Waals surface area (Å²) < 4.78 is 11.0. The number of rotatable bonds is 1. The Balaban J connectivity index is 1.73. The van der Waals surface area contributed by atoms with Crippen LogP contribution in [0.15, 0.2) is 41.5 Å². The van der Waals surface area contributed by atoms with E-state index in [-0.39, 0.29) is 12.7 Å². The van der Waals surface area contributed by atoms with E-state index in [1.165, 1.54) is 12.1 Å². The van der Waals surface area contributed by atoms with Crippen LogP contribution in [0.2, 0.25) is 0 Å². The summed E-state index contributed by atoms with van der Waals surface area (Å²) in [6.07, 6.45) is 0.350. The SMILES string of the molecule is CN1C(=O)C2Cc3cc4c(cc3C(c3ccc(N)cc3)=NN2C1=O)OCO4. The van der Waals surface area contributed by atoms with Crippen molar-refractivity contribution in [3.8, 4) is 11.5 Å². The number of hydrogen-bond acceptors (Lipinski definition) is 6. The molecule has 27 heavy (non-hydrogen) atoms. The molecule has 0 radical (unpaired) electrons. The van der Waals surface area contributed by atoms with Gasteiger partial charge in [0.05, 0.1) is 5.71 Å². The molecule has 2 N–H and O–H groups in total. The summed E-state index contributed by atoms with van der Waals surface area (Å²) in [7, 11) is 1.47. The predicted molar refractivity (Wildman–Crippen MR) is 96.6 cm³/mol. The Bertz CT molecular complexity index is 1020. The standard InChI is InChI=1S/C19H16N4O4/c1-22-18(24)14-6-11-7-15-16(27-9-26-15)8-13(11)17(21-23(14)19(22)25)10-2-4-12(20)5-3-10/h2-5,7-8,14H,6,9,20H2,1H3. The Morgan fingerprint density at radius 1 is 1.11 bits per heavy atom. The van der Waals surface area contributed by atoms with Gasteiger partial charge in [-0.25, -0.2) is 9.80 Å². The van der Waals surface area contributed by atoms with Crippen molar-refractivity contribution in [3.63, 3.8) is 0 Å². The van der Waals surface area contributed by atoms with Crippen LogP contribution in [0.3, 0.4) is 0 Å². The fourth-order valence-electron chi connectivity index (χ4n) is 3.59. The minimum Gasteiger partial charge on any atom is -0.454 e. The molecule has 0 spiro atoms. The van der Waals surface area contributed by atoms with Gasteiger partial charge in [-0.3, -0.25) is 9.69 Å². The highest BCUT2D eigenvalue weighted by atomic mass is 16.7. The molecule has 3 aliphatic rings. The van der Waals surface area contributed by atoms with Gasteiger partial charge in [-0.05, 0) is 29.8 Å². The van der Waals surface area contributed by atoms with Crippen molar-refractivity contribution in [2.75, 3.05) is 19.6 Å². The molecule has 3 aliphatic heterocycles. The zero-order valence-electron chi connectivity index (χ0n) is 14.5. The molecule has 8 nitrogen and oxygen atoms in total. The molecule has 8 heteroatoms. The molecule has 0 aliphatic carbocycles. The molecule has 1 unspecified atom stereocenters. The summed E-state index contributed by atoms with van der Waals surface area (Å²) in [6.45, 7) is 0.155. The Morgan fingerprint density at radius 2 is 1.81 bits per heavy atom. The number of anilines is 1. The van der Waals surface area contributed by atoms with Gasteiger partial charge in [0, 0.05) is 30.3 Å². The number of hydrazone groups is 1. The van der Waals surface area contributed by atoms with E-state index in [1.54, 1.807) is 12.1 Å². The van der Waals surface area contributed by atoms with Crippen LogP contribution < -0.4 is 15.2 Å². The number of amides is 3. The fraction of sp³-hybridized carbons (Fsp3) is 0.211. The summed E-state index contributed by atoms with van der Waals surface area (Å²) in [5, 5.41) is 5.85. The van der Waals surface area contributed by atoms with Crippen molar-refractivity contribution >= 4 is 23.3 Å². The molecular formula is C19H16N4O4. The van der Waals surface area contributed by atoms with Crippen LogP contribution in [0.25, 0.3) is 0 Å². The van der Waals surface area contributed by atoms with E-state index < -0.39 is 12.1 Å². The van der Waals surface area contributed by atoms with E-state index in [0.717, 1.165) is 21.6 Å². The first kappa shape index (κ1) is 15.7. The predicted octanol–water partition coefficient (Wildman–Crippen LogP) is 1.57. The van der Waals surface area contributed by atoms with E-state index in [2.05, 4.69) is 5.10 Å². The van der Waals surface area contributed by atoms with Crippen LogP contribution in [0.4, 0.5) is 10.5 Å². The van der Waals surface area contributed by atoms with Crippen molar-refractivity contribution in [3.05, 3.63) is 53.1 Å². The zero-order valence-corrected chi connectivity index (χ0v) is 14.5. The fourth-order valence-corrected chi connectivity index (χ4v) is 3.59. The minimum atomic E-state index is -0.673. The third-order valence-corrected chi connectivity index (χ3v) is 5.05. The number of nitrogens with zero attached hydrogens (tertiary/aromatic N) is 3. The van der Waals surface area contributed by atoms with Crippen molar-refractivity contribution in [1.82, 2.24) is 9.91 Å². The van der Waals surface area contributed by atoms with E-state index in [4.69, 9.17) is 15.2 Å². The van der Waals surface area contributed by atoms with Crippen LogP contribution in [-0.2, 0) is 11.2 Å². The molecule has 136 valence electrons. The molecule has 1 saturated heterocycles. The number of imide groups is 1. The van der Waals surface area contributed by atoms with E-state index in [0.29, 0.717) is 29.3 Å². The monoisotopic (exact) mass is 364 g/mol. The third-order valence-electron chi connectivity index (χ3n) is 5.05. The van der Waals surface area contributed by atoms with Crippen molar-refractivity contribution < 1.29 is 19.1 Å². The quantitative estimate of drug-likeness (QED) is 0.612. The number of ether oxygens (including phenoxy) is 2. The van der Waals surface area contributed by atoms with Crippen LogP contribution in [0.1, 0.15) is 16.7 Å². The molecule has 1 atom stereocenters. The highest BCUT2D eigenvalue weighted by Gasteiger charge is 2.45. The van der Waals surface area contributed by atoms with Crippen LogP contribution in [-0.4, -0.2) is 47.4 Å². The topological polar surface area (TPSA) is 97.5 Å². The van der Waals surface area contributed by atoms with Crippen LogP contribution >= 0.6 is 0 Å². The number of likely N-dealkylation sites (N-methyl/N-ethyl adjacent to an activating group) is 1. The lowest BCUT2D eigenvalue weighted by atomic mass is 9.93. The van der Waals surface area contributed by atoms with Gasteiger partial charge in [0.25, 0.3) is 5.91 Å². The highest BCUT2D eigenvalue weighted by Crippen LogP contribution is 2.38. The Morgan fingerprint density at radius 3 is 2.56 bits per heavy atom. The summed E-state index contributed by atoms with van der Waals surface area (Å²) in [6, 6.07) is 9.84. The third kappa shape index (κ3) is 2.26. The highest BCUT2D eigenvalue weighted by molar-refractivity contribution is 6.16. The minimum absolute atomic E-state index is 0.155. The number of carbonyl (C=O) groups excluding carboxylic acids is 2. The lowest BCUT2D eigenvalue weighted by Crippen LogP contribution is -2.32. The van der Waals surface area contributed by atoms with Gasteiger partial charge in [-0.1, -0.05) is 12.1 Å². The number of fused-ring (bicyclic) bond motifs is 3. The van der Waals surface area contributed by atoms with Gasteiger partial charge >= 0.3 is 6.03 Å². The van der Waals surface area contributed by atoms with Gasteiger partial charge < -0.3 is 15.2 Å². The molecule has 3 heterocycles. The van der Waals surface area contributed by atoms with E-state index in [1.807, 2.05) is 24.3 Å². The first-order valence-corrected chi connectivity index (χ1v) is 8.51. The zero-order chi connectivity index (χ0) is 18.7. The Hall–Kier alpha value is -3.55. The lowest BCUT2D eigenvalue weighted by Gasteiger charge is -2.14. The number of nitrogen functional groups attached to an aromatic ring is 1. The second-order valence-corrected chi connectivity index (χ2v) is 6.68. The molecule has 2 aromatic carbocycles. The van der Waals surface area contributed by atoms with Gasteiger partial charge in [0.2, 0.25) is 6.79 Å². The number of urea groups is 1. The van der Waals surface area contributed by atoms with Crippen molar-refractivity contribution in [1.29, 1.82) is 0 Å². The summed E-state index contributed by atoms with van der Waals surface area (Å²) in [5.41, 5.74) is 9.49. The smallest absolute Gasteiger partial charge is 0.347 e. The molecule has 1 fully saturated rings.